The first-order valence-corrected chi connectivity index (χ1v) is 7.43. The molecular weight excluding hydrogens is 280 g/mol. The van der Waals surface area contributed by atoms with Crippen LogP contribution in [0.1, 0.15) is 40.4 Å². The molecule has 1 fully saturated rings. The van der Waals surface area contributed by atoms with Gasteiger partial charge in [-0.1, -0.05) is 0 Å². The molecule has 0 radical (unpaired) electrons. The maximum atomic E-state index is 12.9. The highest BCUT2D eigenvalue weighted by Crippen LogP contribution is 2.41. The highest BCUT2D eigenvalue weighted by molar-refractivity contribution is 6.07. The minimum Gasteiger partial charge on any atom is -0.481 e. The molecule has 0 atom stereocenters. The van der Waals surface area contributed by atoms with E-state index in [2.05, 4.69) is 15.0 Å². The van der Waals surface area contributed by atoms with Gasteiger partial charge in [0.2, 0.25) is 5.88 Å². The molecule has 2 aromatic heterocycles. The molecular formula is C16H16N4O2. The predicted molar refractivity (Wildman–Crippen MR) is 80.2 cm³/mol. The normalized spacial score (nSPS) is 16.5. The maximum Gasteiger partial charge on any atom is 0.262 e. The topological polar surface area (TPSA) is 68.2 Å². The number of rotatable bonds is 3. The Morgan fingerprint density at radius 1 is 1.36 bits per heavy atom. The summed E-state index contributed by atoms with van der Waals surface area (Å²) in [6.07, 6.45) is 6.15. The fourth-order valence-corrected chi connectivity index (χ4v) is 2.87. The highest BCUT2D eigenvalue weighted by Gasteiger charge is 2.34. The van der Waals surface area contributed by atoms with Crippen LogP contribution in [0.15, 0.2) is 24.7 Å². The smallest absolute Gasteiger partial charge is 0.262 e. The monoisotopic (exact) mass is 296 g/mol. The largest absolute Gasteiger partial charge is 0.481 e. The minimum absolute atomic E-state index is 0.0676. The van der Waals surface area contributed by atoms with Gasteiger partial charge in [0.25, 0.3) is 5.91 Å². The van der Waals surface area contributed by atoms with Crippen LogP contribution < -0.4 is 9.64 Å². The standard InChI is InChI=1S/C16H16N4O2/c1-22-13-5-4-11-6-7-20(15(11)19-13)16(21)12-8-17-9-18-14(12)10-2-3-10/h4-5,8-10H,2-3,6-7H2,1H3. The summed E-state index contributed by atoms with van der Waals surface area (Å²) in [5.74, 6) is 1.55. The van der Waals surface area contributed by atoms with Gasteiger partial charge in [0.15, 0.2) is 0 Å². The third-order valence-electron chi connectivity index (χ3n) is 4.18. The zero-order chi connectivity index (χ0) is 15.1. The lowest BCUT2D eigenvalue weighted by Crippen LogP contribution is -2.30. The molecule has 0 aromatic carbocycles. The summed E-state index contributed by atoms with van der Waals surface area (Å²) in [5.41, 5.74) is 2.54. The molecule has 6 heteroatoms. The van der Waals surface area contributed by atoms with Gasteiger partial charge < -0.3 is 4.74 Å². The molecule has 0 N–H and O–H groups in total. The van der Waals surface area contributed by atoms with Crippen molar-refractivity contribution in [3.8, 4) is 5.88 Å². The lowest BCUT2D eigenvalue weighted by molar-refractivity contribution is 0.0987. The van der Waals surface area contributed by atoms with Crippen LogP contribution in [0, 0.1) is 0 Å². The van der Waals surface area contributed by atoms with E-state index in [1.165, 1.54) is 6.33 Å². The Balaban J connectivity index is 1.71. The van der Waals surface area contributed by atoms with E-state index in [1.54, 1.807) is 18.2 Å². The van der Waals surface area contributed by atoms with Gasteiger partial charge >= 0.3 is 0 Å². The van der Waals surface area contributed by atoms with Crippen molar-refractivity contribution in [2.45, 2.75) is 25.2 Å². The number of fused-ring (bicyclic) bond motifs is 1. The number of ether oxygens (including phenoxy) is 1. The van der Waals surface area contributed by atoms with E-state index in [1.807, 2.05) is 12.1 Å². The zero-order valence-electron chi connectivity index (χ0n) is 12.3. The second-order valence-electron chi connectivity index (χ2n) is 5.64. The number of carbonyl (C=O) groups is 1. The van der Waals surface area contributed by atoms with E-state index in [-0.39, 0.29) is 5.91 Å². The number of methoxy groups -OCH3 is 1. The van der Waals surface area contributed by atoms with Gasteiger partial charge in [-0.3, -0.25) is 9.69 Å². The molecule has 0 spiro atoms. The number of aromatic nitrogens is 3. The van der Waals surface area contributed by atoms with Crippen LogP contribution in [-0.2, 0) is 6.42 Å². The maximum absolute atomic E-state index is 12.9. The van der Waals surface area contributed by atoms with Gasteiger partial charge in [-0.05, 0) is 30.9 Å². The van der Waals surface area contributed by atoms with Crippen molar-refractivity contribution in [3.63, 3.8) is 0 Å². The van der Waals surface area contributed by atoms with Gasteiger partial charge in [-0.15, -0.1) is 0 Å². The van der Waals surface area contributed by atoms with Crippen molar-refractivity contribution in [1.82, 2.24) is 15.0 Å². The first-order valence-electron chi connectivity index (χ1n) is 7.43. The molecule has 6 nitrogen and oxygen atoms in total. The van der Waals surface area contributed by atoms with Gasteiger partial charge in [0.1, 0.15) is 12.1 Å². The lowest BCUT2D eigenvalue weighted by atomic mass is 10.1. The van der Waals surface area contributed by atoms with E-state index in [0.717, 1.165) is 30.5 Å². The Labute approximate surface area is 128 Å². The SMILES string of the molecule is COc1ccc2c(n1)N(C(=O)c1cncnc1C1CC1)CC2. The van der Waals surface area contributed by atoms with Crippen molar-refractivity contribution in [2.24, 2.45) is 0 Å². The van der Waals surface area contributed by atoms with Crippen LogP contribution >= 0.6 is 0 Å². The highest BCUT2D eigenvalue weighted by atomic mass is 16.5. The predicted octanol–water partition coefficient (Wildman–Crippen LogP) is 1.96. The molecule has 4 rings (SSSR count). The Morgan fingerprint density at radius 3 is 3.00 bits per heavy atom. The van der Waals surface area contributed by atoms with E-state index in [4.69, 9.17) is 4.74 Å². The number of pyridine rings is 1. The second kappa shape index (κ2) is 5.05. The van der Waals surface area contributed by atoms with Crippen molar-refractivity contribution >= 4 is 11.7 Å². The van der Waals surface area contributed by atoms with E-state index in [0.29, 0.717) is 29.7 Å². The van der Waals surface area contributed by atoms with Gasteiger partial charge in [0, 0.05) is 24.7 Å². The summed E-state index contributed by atoms with van der Waals surface area (Å²) in [7, 11) is 1.58. The number of nitrogens with zero attached hydrogens (tertiary/aromatic N) is 4. The molecule has 112 valence electrons. The van der Waals surface area contributed by atoms with E-state index in [9.17, 15) is 4.79 Å². The number of carbonyl (C=O) groups excluding carboxylic acids is 1. The van der Waals surface area contributed by atoms with Gasteiger partial charge in [-0.2, -0.15) is 4.98 Å². The first kappa shape index (κ1) is 13.2. The van der Waals surface area contributed by atoms with Crippen LogP contribution in [0.3, 0.4) is 0 Å². The molecule has 22 heavy (non-hydrogen) atoms. The third-order valence-corrected chi connectivity index (χ3v) is 4.18. The first-order chi connectivity index (χ1) is 10.8. The molecule has 0 bridgehead atoms. The van der Waals surface area contributed by atoms with Crippen molar-refractivity contribution in [2.75, 3.05) is 18.6 Å². The van der Waals surface area contributed by atoms with Crippen molar-refractivity contribution in [1.29, 1.82) is 0 Å². The zero-order valence-corrected chi connectivity index (χ0v) is 12.3. The molecule has 1 amide bonds. The number of anilines is 1. The molecule has 0 saturated heterocycles. The summed E-state index contributed by atoms with van der Waals surface area (Å²) in [6, 6.07) is 3.80. The molecule has 3 heterocycles. The quantitative estimate of drug-likeness (QED) is 0.866. The molecule has 2 aromatic rings. The fraction of sp³-hybridized carbons (Fsp3) is 0.375. The van der Waals surface area contributed by atoms with Crippen LogP contribution in [0.5, 0.6) is 5.88 Å². The van der Waals surface area contributed by atoms with Gasteiger partial charge in [0.05, 0.1) is 18.4 Å². The average molecular weight is 296 g/mol. The Hall–Kier alpha value is -2.50. The Bertz CT molecular complexity index is 743. The van der Waals surface area contributed by atoms with Crippen LogP contribution in [0.25, 0.3) is 0 Å². The van der Waals surface area contributed by atoms with E-state index < -0.39 is 0 Å². The number of hydrogen-bond donors (Lipinski definition) is 0. The molecule has 0 unspecified atom stereocenters. The van der Waals surface area contributed by atoms with Crippen molar-refractivity contribution < 1.29 is 9.53 Å². The number of hydrogen-bond acceptors (Lipinski definition) is 5. The van der Waals surface area contributed by atoms with Crippen molar-refractivity contribution in [3.05, 3.63) is 41.5 Å². The van der Waals surface area contributed by atoms with E-state index >= 15 is 0 Å². The lowest BCUT2D eigenvalue weighted by Gasteiger charge is -2.18. The average Bonchev–Trinajstić information content (AvgIpc) is 3.33. The summed E-state index contributed by atoms with van der Waals surface area (Å²) < 4.78 is 5.17. The Kier molecular flexibility index (Phi) is 3.03. The summed E-state index contributed by atoms with van der Waals surface area (Å²) in [6.45, 7) is 0.632. The van der Waals surface area contributed by atoms with Crippen LogP contribution in [0.4, 0.5) is 5.82 Å². The third kappa shape index (κ3) is 2.11. The molecule has 1 saturated carbocycles. The van der Waals surface area contributed by atoms with Gasteiger partial charge in [-0.25, -0.2) is 9.97 Å². The fourth-order valence-electron chi connectivity index (χ4n) is 2.87. The van der Waals surface area contributed by atoms with Crippen LogP contribution in [0.2, 0.25) is 0 Å². The molecule has 1 aliphatic carbocycles. The molecule has 1 aliphatic heterocycles. The number of amides is 1. The summed E-state index contributed by atoms with van der Waals surface area (Å²) in [5, 5.41) is 0. The Morgan fingerprint density at radius 2 is 2.23 bits per heavy atom. The second-order valence-corrected chi connectivity index (χ2v) is 5.64. The summed E-state index contributed by atoms with van der Waals surface area (Å²) >= 11 is 0. The molecule has 2 aliphatic rings. The minimum atomic E-state index is -0.0676. The van der Waals surface area contributed by atoms with Crippen LogP contribution in [-0.4, -0.2) is 34.5 Å². The summed E-state index contributed by atoms with van der Waals surface area (Å²) in [4.78, 5) is 27.4.